The van der Waals surface area contributed by atoms with Crippen LogP contribution >= 0.6 is 15.9 Å². The second kappa shape index (κ2) is 7.73. The average molecular weight is 355 g/mol. The van der Waals surface area contributed by atoms with Gasteiger partial charge in [0.05, 0.1) is 12.2 Å². The summed E-state index contributed by atoms with van der Waals surface area (Å²) in [7, 11) is 0. The van der Waals surface area contributed by atoms with Crippen molar-refractivity contribution < 1.29 is 4.74 Å². The zero-order chi connectivity index (χ0) is 15.4. The molecule has 0 aliphatic carbocycles. The normalized spacial score (nSPS) is 23.7. The number of benzene rings is 1. The topological polar surface area (TPSA) is 24.5 Å². The highest BCUT2D eigenvalue weighted by atomic mass is 79.9. The van der Waals surface area contributed by atoms with Crippen molar-refractivity contribution in [1.29, 1.82) is 0 Å². The summed E-state index contributed by atoms with van der Waals surface area (Å²) in [6, 6.07) is 7.22. The molecule has 0 saturated carbocycles. The lowest BCUT2D eigenvalue weighted by Crippen LogP contribution is -2.44. The van der Waals surface area contributed by atoms with E-state index in [-0.39, 0.29) is 0 Å². The molecule has 2 atom stereocenters. The Balaban J connectivity index is 1.97. The van der Waals surface area contributed by atoms with Gasteiger partial charge in [-0.1, -0.05) is 41.9 Å². The predicted molar refractivity (Wildman–Crippen MR) is 91.4 cm³/mol. The maximum atomic E-state index is 5.80. The van der Waals surface area contributed by atoms with E-state index in [9.17, 15) is 0 Å². The largest absolute Gasteiger partial charge is 0.373 e. The Morgan fingerprint density at radius 3 is 2.52 bits per heavy atom. The maximum absolute atomic E-state index is 5.80. The number of nitrogens with zero attached hydrogens (tertiary/aromatic N) is 1. The van der Waals surface area contributed by atoms with Crippen LogP contribution in [0.5, 0.6) is 0 Å². The smallest absolute Gasteiger partial charge is 0.0678 e. The van der Waals surface area contributed by atoms with Gasteiger partial charge >= 0.3 is 0 Å². The highest BCUT2D eigenvalue weighted by molar-refractivity contribution is 9.10. The van der Waals surface area contributed by atoms with E-state index in [0.29, 0.717) is 18.2 Å². The lowest BCUT2D eigenvalue weighted by molar-refractivity contribution is -0.0705. The van der Waals surface area contributed by atoms with Crippen molar-refractivity contribution in [2.24, 2.45) is 0 Å². The molecule has 1 heterocycles. The number of ether oxygens (including phenoxy) is 1. The first-order valence-corrected chi connectivity index (χ1v) is 8.62. The van der Waals surface area contributed by atoms with Crippen LogP contribution in [0.25, 0.3) is 0 Å². The van der Waals surface area contributed by atoms with E-state index in [1.165, 1.54) is 15.6 Å². The highest BCUT2D eigenvalue weighted by Crippen LogP contribution is 2.22. The Kier molecular flexibility index (Phi) is 6.23. The Hall–Kier alpha value is -0.420. The molecule has 1 aromatic rings. The molecule has 0 unspecified atom stereocenters. The minimum Gasteiger partial charge on any atom is -0.373 e. The summed E-state index contributed by atoms with van der Waals surface area (Å²) in [6.07, 6.45) is 0.643. The predicted octanol–water partition coefficient (Wildman–Crippen LogP) is 3.56. The average Bonchev–Trinajstić information content (AvgIpc) is 2.38. The number of halogens is 1. The fourth-order valence-corrected chi connectivity index (χ4v) is 3.36. The van der Waals surface area contributed by atoms with Gasteiger partial charge in [-0.15, -0.1) is 0 Å². The second-order valence-electron chi connectivity index (χ2n) is 6.41. The summed E-state index contributed by atoms with van der Waals surface area (Å²) in [5.41, 5.74) is 2.67. The Morgan fingerprint density at radius 1 is 1.29 bits per heavy atom. The van der Waals surface area contributed by atoms with Gasteiger partial charge in [-0.3, -0.25) is 4.90 Å². The van der Waals surface area contributed by atoms with Gasteiger partial charge in [-0.05, 0) is 31.0 Å². The van der Waals surface area contributed by atoms with Crippen LogP contribution < -0.4 is 5.32 Å². The summed E-state index contributed by atoms with van der Waals surface area (Å²) in [6.45, 7) is 12.6. The van der Waals surface area contributed by atoms with E-state index in [1.807, 2.05) is 0 Å². The molecule has 21 heavy (non-hydrogen) atoms. The molecule has 0 amide bonds. The molecule has 1 aromatic carbocycles. The van der Waals surface area contributed by atoms with Crippen LogP contribution in [0, 0.1) is 0 Å². The van der Waals surface area contributed by atoms with Crippen LogP contribution in [0.1, 0.15) is 38.8 Å². The minimum atomic E-state index is 0.321. The molecule has 118 valence electrons. The molecule has 0 aromatic heterocycles. The highest BCUT2D eigenvalue weighted by Gasteiger charge is 2.22. The van der Waals surface area contributed by atoms with Crippen LogP contribution in [0.15, 0.2) is 22.7 Å². The standard InChI is InChI=1S/C17H27BrN2O/c1-12(2)19-8-15-5-6-16(17(18)7-15)11-20-9-13(3)21-14(4)10-20/h5-7,12-14,19H,8-11H2,1-4H3/t13-,14+. The van der Waals surface area contributed by atoms with Crippen LogP contribution in [0.3, 0.4) is 0 Å². The molecule has 1 aliphatic rings. The number of rotatable bonds is 5. The van der Waals surface area contributed by atoms with Crippen LogP contribution in [-0.4, -0.2) is 36.2 Å². The van der Waals surface area contributed by atoms with E-state index in [1.54, 1.807) is 0 Å². The molecule has 1 aliphatic heterocycles. The van der Waals surface area contributed by atoms with Crippen LogP contribution in [-0.2, 0) is 17.8 Å². The molecule has 1 N–H and O–H groups in total. The lowest BCUT2D eigenvalue weighted by Gasteiger charge is -2.35. The van der Waals surface area contributed by atoms with Gasteiger partial charge in [0.2, 0.25) is 0 Å². The van der Waals surface area contributed by atoms with Crippen LogP contribution in [0.4, 0.5) is 0 Å². The van der Waals surface area contributed by atoms with Crippen LogP contribution in [0.2, 0.25) is 0 Å². The van der Waals surface area contributed by atoms with Gasteiger partial charge in [0.25, 0.3) is 0 Å². The van der Waals surface area contributed by atoms with E-state index in [2.05, 4.69) is 72.0 Å². The minimum absolute atomic E-state index is 0.321. The summed E-state index contributed by atoms with van der Waals surface area (Å²) in [5, 5.41) is 3.45. The molecule has 4 heteroatoms. The van der Waals surface area contributed by atoms with Gasteiger partial charge in [0.1, 0.15) is 0 Å². The first kappa shape index (κ1) is 16.9. The molecule has 0 radical (unpaired) electrons. The van der Waals surface area contributed by atoms with E-state index in [0.717, 1.165) is 26.2 Å². The van der Waals surface area contributed by atoms with Crippen molar-refractivity contribution in [2.45, 2.75) is 59.0 Å². The van der Waals surface area contributed by atoms with Gasteiger partial charge in [-0.25, -0.2) is 0 Å². The molecular weight excluding hydrogens is 328 g/mol. The van der Waals surface area contributed by atoms with Crippen molar-refractivity contribution in [3.05, 3.63) is 33.8 Å². The van der Waals surface area contributed by atoms with E-state index in [4.69, 9.17) is 4.74 Å². The Morgan fingerprint density at radius 2 is 1.95 bits per heavy atom. The zero-order valence-electron chi connectivity index (χ0n) is 13.5. The third-order valence-corrected chi connectivity index (χ3v) is 4.46. The monoisotopic (exact) mass is 354 g/mol. The zero-order valence-corrected chi connectivity index (χ0v) is 15.1. The Labute approximate surface area is 137 Å². The molecule has 0 spiro atoms. The van der Waals surface area contributed by atoms with Crippen molar-refractivity contribution in [1.82, 2.24) is 10.2 Å². The lowest BCUT2D eigenvalue weighted by atomic mass is 10.1. The third kappa shape index (κ3) is 5.37. The van der Waals surface area contributed by atoms with Gasteiger partial charge in [0, 0.05) is 36.7 Å². The quantitative estimate of drug-likeness (QED) is 0.874. The summed E-state index contributed by atoms with van der Waals surface area (Å²) < 4.78 is 7.00. The van der Waals surface area contributed by atoms with Gasteiger partial charge < -0.3 is 10.1 Å². The first-order valence-electron chi connectivity index (χ1n) is 7.82. The van der Waals surface area contributed by atoms with E-state index >= 15 is 0 Å². The van der Waals surface area contributed by atoms with Crippen molar-refractivity contribution in [2.75, 3.05) is 13.1 Å². The molecule has 3 nitrogen and oxygen atoms in total. The second-order valence-corrected chi connectivity index (χ2v) is 7.27. The van der Waals surface area contributed by atoms with Crippen molar-refractivity contribution >= 4 is 15.9 Å². The van der Waals surface area contributed by atoms with Gasteiger partial charge in [0.15, 0.2) is 0 Å². The van der Waals surface area contributed by atoms with Crippen molar-refractivity contribution in [3.63, 3.8) is 0 Å². The SMILES string of the molecule is CC(C)NCc1ccc(CN2C[C@@H](C)O[C@@H](C)C2)c(Br)c1. The fraction of sp³-hybridized carbons (Fsp3) is 0.647. The maximum Gasteiger partial charge on any atom is 0.0678 e. The summed E-state index contributed by atoms with van der Waals surface area (Å²) in [4.78, 5) is 2.48. The molecule has 1 fully saturated rings. The molecule has 0 bridgehead atoms. The fourth-order valence-electron chi connectivity index (χ4n) is 2.81. The van der Waals surface area contributed by atoms with E-state index < -0.39 is 0 Å². The van der Waals surface area contributed by atoms with Gasteiger partial charge in [-0.2, -0.15) is 0 Å². The number of hydrogen-bond acceptors (Lipinski definition) is 3. The number of hydrogen-bond donors (Lipinski definition) is 1. The summed E-state index contributed by atoms with van der Waals surface area (Å²) >= 11 is 3.73. The third-order valence-electron chi connectivity index (χ3n) is 3.72. The number of nitrogens with one attached hydrogen (secondary N) is 1. The molecule has 1 saturated heterocycles. The summed E-state index contributed by atoms with van der Waals surface area (Å²) in [5.74, 6) is 0. The van der Waals surface area contributed by atoms with Crippen molar-refractivity contribution in [3.8, 4) is 0 Å². The molecule has 2 rings (SSSR count). The Bertz CT molecular complexity index is 454. The molecular formula is C17H27BrN2O. The first-order chi connectivity index (χ1) is 9.94. The number of morpholine rings is 1.